The highest BCUT2D eigenvalue weighted by Gasteiger charge is 2.40. The summed E-state index contributed by atoms with van der Waals surface area (Å²) in [6.45, 7) is 2.05. The maximum Gasteiger partial charge on any atom is 0.325 e. The molecule has 0 heterocycles. The van der Waals surface area contributed by atoms with Gasteiger partial charge in [-0.25, -0.2) is 0 Å². The number of rotatable bonds is 12. The Labute approximate surface area is 184 Å². The van der Waals surface area contributed by atoms with Gasteiger partial charge in [-0.3, -0.25) is 38.6 Å². The van der Waals surface area contributed by atoms with E-state index in [2.05, 4.69) is 0 Å². The van der Waals surface area contributed by atoms with Gasteiger partial charge in [0, 0.05) is 25.9 Å². The first kappa shape index (κ1) is 26.9. The SMILES string of the molecule is CC(=C1C(=O)CC(C)(C)CC1=O)C(C(=O)O)N(CCN(CC(=O)O)CC(=O)O)CC(=O)O. The predicted octanol–water partition coefficient (Wildman–Crippen LogP) is -0.428. The molecule has 0 spiro atoms. The van der Waals surface area contributed by atoms with Crippen LogP contribution in [0.3, 0.4) is 0 Å². The molecule has 1 aliphatic carbocycles. The van der Waals surface area contributed by atoms with Crippen molar-refractivity contribution in [2.75, 3.05) is 32.7 Å². The van der Waals surface area contributed by atoms with Crippen molar-refractivity contribution >= 4 is 35.4 Å². The number of carbonyl (C=O) groups excluding carboxylic acids is 2. The number of allylic oxidation sites excluding steroid dienone is 1. The second-order valence-electron chi connectivity index (χ2n) is 8.53. The second-order valence-corrected chi connectivity index (χ2v) is 8.53. The summed E-state index contributed by atoms with van der Waals surface area (Å²) in [6.07, 6.45) is 0.0589. The van der Waals surface area contributed by atoms with Crippen LogP contribution in [0.25, 0.3) is 0 Å². The third-order valence-electron chi connectivity index (χ3n) is 5.00. The zero-order valence-corrected chi connectivity index (χ0v) is 18.2. The fraction of sp³-hybridized carbons (Fsp3) is 0.600. The maximum atomic E-state index is 12.6. The molecule has 0 saturated heterocycles. The fourth-order valence-electron chi connectivity index (χ4n) is 3.80. The Hall–Kier alpha value is -3.12. The van der Waals surface area contributed by atoms with Crippen molar-refractivity contribution in [2.45, 2.75) is 39.7 Å². The Bertz CT molecular complexity index is 807. The molecule has 12 heteroatoms. The molecule has 0 radical (unpaired) electrons. The number of Topliss-reactive ketones (excluding diaryl/α,β-unsaturated/α-hetero) is 2. The highest BCUT2D eigenvalue weighted by Crippen LogP contribution is 2.35. The van der Waals surface area contributed by atoms with Crippen LogP contribution in [0.1, 0.15) is 33.6 Å². The molecule has 1 saturated carbocycles. The van der Waals surface area contributed by atoms with Crippen LogP contribution in [-0.2, 0) is 28.8 Å². The third-order valence-corrected chi connectivity index (χ3v) is 5.00. The van der Waals surface area contributed by atoms with E-state index in [1.54, 1.807) is 13.8 Å². The predicted molar refractivity (Wildman–Crippen MR) is 108 cm³/mol. The van der Waals surface area contributed by atoms with Crippen molar-refractivity contribution in [1.82, 2.24) is 9.80 Å². The normalized spacial score (nSPS) is 16.8. The number of carboxylic acid groups (broad SMARTS) is 4. The molecule has 32 heavy (non-hydrogen) atoms. The van der Waals surface area contributed by atoms with Crippen molar-refractivity contribution in [2.24, 2.45) is 5.41 Å². The lowest BCUT2D eigenvalue weighted by Crippen LogP contribution is -2.50. The summed E-state index contributed by atoms with van der Waals surface area (Å²) in [7, 11) is 0. The van der Waals surface area contributed by atoms with Crippen LogP contribution in [0.2, 0.25) is 0 Å². The van der Waals surface area contributed by atoms with Crippen LogP contribution in [0, 0.1) is 5.41 Å². The summed E-state index contributed by atoms with van der Waals surface area (Å²) in [6, 6.07) is -1.65. The van der Waals surface area contributed by atoms with E-state index in [9.17, 15) is 39.0 Å². The molecule has 0 aliphatic heterocycles. The van der Waals surface area contributed by atoms with Crippen LogP contribution in [0.15, 0.2) is 11.1 Å². The van der Waals surface area contributed by atoms with Gasteiger partial charge in [-0.05, 0) is 17.9 Å². The monoisotopic (exact) mass is 456 g/mol. The Balaban J connectivity index is 3.30. The van der Waals surface area contributed by atoms with Crippen molar-refractivity contribution < 1.29 is 49.2 Å². The Morgan fingerprint density at radius 2 is 1.28 bits per heavy atom. The first-order chi connectivity index (χ1) is 14.6. The van der Waals surface area contributed by atoms with E-state index < -0.39 is 66.5 Å². The van der Waals surface area contributed by atoms with Crippen molar-refractivity contribution in [1.29, 1.82) is 0 Å². The zero-order chi connectivity index (χ0) is 24.8. The highest BCUT2D eigenvalue weighted by atomic mass is 16.4. The van der Waals surface area contributed by atoms with Gasteiger partial charge in [-0.2, -0.15) is 0 Å². The van der Waals surface area contributed by atoms with Crippen LogP contribution in [-0.4, -0.2) is 104 Å². The van der Waals surface area contributed by atoms with Gasteiger partial charge in [0.25, 0.3) is 0 Å². The van der Waals surface area contributed by atoms with E-state index in [-0.39, 0.29) is 37.1 Å². The van der Waals surface area contributed by atoms with Gasteiger partial charge in [0.1, 0.15) is 6.04 Å². The van der Waals surface area contributed by atoms with Gasteiger partial charge in [0.05, 0.1) is 25.2 Å². The van der Waals surface area contributed by atoms with Gasteiger partial charge in [0.2, 0.25) is 0 Å². The Kier molecular flexibility index (Phi) is 9.21. The van der Waals surface area contributed by atoms with E-state index in [4.69, 9.17) is 10.2 Å². The van der Waals surface area contributed by atoms with E-state index >= 15 is 0 Å². The Morgan fingerprint density at radius 1 is 0.844 bits per heavy atom. The van der Waals surface area contributed by atoms with Gasteiger partial charge < -0.3 is 20.4 Å². The van der Waals surface area contributed by atoms with Crippen molar-refractivity contribution in [3.63, 3.8) is 0 Å². The highest BCUT2D eigenvalue weighted by molar-refractivity contribution is 6.23. The van der Waals surface area contributed by atoms with Crippen molar-refractivity contribution in [3.05, 3.63) is 11.1 Å². The largest absolute Gasteiger partial charge is 0.480 e. The van der Waals surface area contributed by atoms with Gasteiger partial charge >= 0.3 is 23.9 Å². The molecule has 4 N–H and O–H groups in total. The van der Waals surface area contributed by atoms with E-state index in [1.165, 1.54) is 6.92 Å². The molecule has 1 unspecified atom stereocenters. The summed E-state index contributed by atoms with van der Waals surface area (Å²) in [5, 5.41) is 36.9. The van der Waals surface area contributed by atoms with Crippen LogP contribution >= 0.6 is 0 Å². The van der Waals surface area contributed by atoms with Crippen LogP contribution in [0.5, 0.6) is 0 Å². The number of nitrogens with zero attached hydrogens (tertiary/aromatic N) is 2. The van der Waals surface area contributed by atoms with E-state index in [0.717, 1.165) is 9.80 Å². The van der Waals surface area contributed by atoms with Gasteiger partial charge in [-0.15, -0.1) is 0 Å². The molecule has 178 valence electrons. The summed E-state index contributed by atoms with van der Waals surface area (Å²) in [4.78, 5) is 72.5. The van der Waals surface area contributed by atoms with E-state index in [1.807, 2.05) is 0 Å². The number of hydrogen-bond acceptors (Lipinski definition) is 8. The first-order valence-corrected chi connectivity index (χ1v) is 9.76. The number of hydrogen-bond donors (Lipinski definition) is 4. The molecule has 0 amide bonds. The molecule has 0 aromatic carbocycles. The number of aliphatic carboxylic acids is 4. The molecule has 0 bridgehead atoms. The number of ketones is 2. The summed E-state index contributed by atoms with van der Waals surface area (Å²) >= 11 is 0. The lowest BCUT2D eigenvalue weighted by atomic mass is 9.72. The quantitative estimate of drug-likeness (QED) is 0.219. The average molecular weight is 456 g/mol. The number of carbonyl (C=O) groups is 6. The summed E-state index contributed by atoms with van der Waals surface area (Å²) in [5.74, 6) is -6.56. The molecule has 1 aliphatic rings. The minimum absolute atomic E-state index is 0.0294. The molecular formula is C20H28N2O10. The lowest BCUT2D eigenvalue weighted by molar-refractivity contribution is -0.147. The second kappa shape index (κ2) is 11.0. The van der Waals surface area contributed by atoms with E-state index in [0.29, 0.717) is 0 Å². The zero-order valence-electron chi connectivity index (χ0n) is 18.2. The average Bonchev–Trinajstić information content (AvgIpc) is 2.55. The summed E-state index contributed by atoms with van der Waals surface area (Å²) in [5.41, 5.74) is -0.946. The number of carboxylic acids is 4. The fourth-order valence-corrected chi connectivity index (χ4v) is 3.80. The minimum atomic E-state index is -1.65. The molecular weight excluding hydrogens is 428 g/mol. The maximum absolute atomic E-state index is 12.6. The minimum Gasteiger partial charge on any atom is -0.480 e. The third kappa shape index (κ3) is 7.85. The molecule has 0 aromatic rings. The first-order valence-electron chi connectivity index (χ1n) is 9.76. The van der Waals surface area contributed by atoms with Gasteiger partial charge in [0.15, 0.2) is 11.6 Å². The Morgan fingerprint density at radius 3 is 1.66 bits per heavy atom. The van der Waals surface area contributed by atoms with Gasteiger partial charge in [-0.1, -0.05) is 13.8 Å². The molecule has 0 aromatic heterocycles. The standard InChI is InChI=1S/C20H28N2O10/c1-11(17-12(23)6-20(2,3)7-13(17)24)18(19(31)32)22(10-16(29)30)5-4-21(8-14(25)26)9-15(27)28/h18H,4-10H2,1-3H3,(H,25,26)(H,27,28)(H,29,30)(H,31,32). The van der Waals surface area contributed by atoms with Crippen molar-refractivity contribution in [3.8, 4) is 0 Å². The topological polar surface area (TPSA) is 190 Å². The lowest BCUT2D eigenvalue weighted by Gasteiger charge is -2.33. The molecule has 1 atom stereocenters. The van der Waals surface area contributed by atoms with Crippen LogP contribution in [0.4, 0.5) is 0 Å². The molecule has 12 nitrogen and oxygen atoms in total. The molecule has 1 fully saturated rings. The molecule has 1 rings (SSSR count). The smallest absolute Gasteiger partial charge is 0.325 e. The summed E-state index contributed by atoms with van der Waals surface area (Å²) < 4.78 is 0. The van der Waals surface area contributed by atoms with Crippen LogP contribution < -0.4 is 0 Å².